The molecule has 45 heavy (non-hydrogen) atoms. The van der Waals surface area contributed by atoms with Crippen LogP contribution in [0.5, 0.6) is 5.75 Å². The molecule has 2 aromatic heterocycles. The Morgan fingerprint density at radius 2 is 1.76 bits per heavy atom. The van der Waals surface area contributed by atoms with Gasteiger partial charge in [-0.2, -0.15) is 0 Å². The smallest absolute Gasteiger partial charge is 0.337 e. The molecule has 0 bridgehead atoms. The molecule has 9 nitrogen and oxygen atoms in total. The minimum absolute atomic E-state index is 0.239. The third kappa shape index (κ3) is 7.07. The molecule has 0 amide bonds. The summed E-state index contributed by atoms with van der Waals surface area (Å²) in [4.78, 5) is 31.6. The van der Waals surface area contributed by atoms with Crippen molar-refractivity contribution in [1.29, 1.82) is 0 Å². The normalized spacial score (nSPS) is 17.2. The van der Waals surface area contributed by atoms with Crippen LogP contribution < -0.4 is 14.5 Å². The second-order valence-corrected chi connectivity index (χ2v) is 14.7. The van der Waals surface area contributed by atoms with E-state index in [1.165, 1.54) is 22.9 Å². The number of aromatic nitrogens is 3. The summed E-state index contributed by atoms with van der Waals surface area (Å²) in [6, 6.07) is 6.63. The van der Waals surface area contributed by atoms with Crippen molar-refractivity contribution in [3.8, 4) is 16.9 Å². The molecule has 10 heteroatoms. The number of aliphatic carboxylic acids is 1. The van der Waals surface area contributed by atoms with Crippen LogP contribution in [0.2, 0.25) is 0 Å². The van der Waals surface area contributed by atoms with Crippen LogP contribution in [0.4, 0.5) is 11.5 Å². The number of nitrogens with zero attached hydrogens (tertiary/aromatic N) is 5. The SMILES string of the molecule is COc1cnc(SC)nc1N1CCc2cc(-c3c(C)nc(C)c(C(OC(C)(C)C)C(=O)O)c3N3CCC(C)(C)CC3)ccc2C1. The second-order valence-electron chi connectivity index (χ2n) is 13.9. The van der Waals surface area contributed by atoms with E-state index >= 15 is 0 Å². The van der Waals surface area contributed by atoms with E-state index in [-0.39, 0.29) is 5.41 Å². The zero-order valence-corrected chi connectivity index (χ0v) is 29.0. The van der Waals surface area contributed by atoms with Gasteiger partial charge in [-0.3, -0.25) is 4.98 Å². The first kappa shape index (κ1) is 33.0. The third-order valence-electron chi connectivity index (χ3n) is 8.89. The van der Waals surface area contributed by atoms with E-state index in [1.54, 1.807) is 13.3 Å². The van der Waals surface area contributed by atoms with Gasteiger partial charge in [0.05, 0.1) is 24.6 Å². The van der Waals surface area contributed by atoms with Crippen LogP contribution in [-0.2, 0) is 22.5 Å². The lowest BCUT2D eigenvalue weighted by molar-refractivity contribution is -0.160. The summed E-state index contributed by atoms with van der Waals surface area (Å²) in [5.41, 5.74) is 7.33. The first-order valence-corrected chi connectivity index (χ1v) is 16.9. The van der Waals surface area contributed by atoms with Gasteiger partial charge in [0.2, 0.25) is 0 Å². The van der Waals surface area contributed by atoms with E-state index in [0.29, 0.717) is 28.7 Å². The van der Waals surface area contributed by atoms with Crippen molar-refractivity contribution in [2.75, 3.05) is 42.8 Å². The average molecular weight is 634 g/mol. The van der Waals surface area contributed by atoms with Gasteiger partial charge in [-0.05, 0) is 82.2 Å². The van der Waals surface area contributed by atoms with Crippen molar-refractivity contribution in [3.63, 3.8) is 0 Å². The van der Waals surface area contributed by atoms with Crippen LogP contribution in [-0.4, -0.2) is 64.6 Å². The lowest BCUT2D eigenvalue weighted by atomic mass is 9.81. The van der Waals surface area contributed by atoms with E-state index in [9.17, 15) is 9.90 Å². The minimum atomic E-state index is -1.14. The number of carbonyl (C=O) groups is 1. The fourth-order valence-electron chi connectivity index (χ4n) is 6.46. The largest absolute Gasteiger partial charge is 0.491 e. The van der Waals surface area contributed by atoms with E-state index in [0.717, 1.165) is 67.2 Å². The summed E-state index contributed by atoms with van der Waals surface area (Å²) < 4.78 is 11.9. The standard InChI is InChI=1S/C35H47N5O4S/c1-21-27(24-10-11-25-20-40(15-12-23(25)18-24)31-26(43-8)19-36-33(38-31)45-9)29(39-16-13-35(6,7)14-17-39)28(22(2)37-21)30(32(41)42)44-34(3,4)5/h10-11,18-19,30H,12-17,20H2,1-9H3,(H,41,42). The summed E-state index contributed by atoms with van der Waals surface area (Å²) in [6.45, 7) is 17.5. The van der Waals surface area contributed by atoms with Gasteiger partial charge >= 0.3 is 5.97 Å². The number of aryl methyl sites for hydroxylation is 2. The third-order valence-corrected chi connectivity index (χ3v) is 9.46. The molecule has 5 rings (SSSR count). The second kappa shape index (κ2) is 12.8. The Bertz CT molecular complexity index is 1580. The predicted molar refractivity (Wildman–Crippen MR) is 181 cm³/mol. The highest BCUT2D eigenvalue weighted by Gasteiger charge is 2.36. The van der Waals surface area contributed by atoms with Crippen LogP contribution in [0.15, 0.2) is 29.6 Å². The number of methoxy groups -OCH3 is 1. The molecule has 2 aliphatic rings. The molecule has 0 spiro atoms. The molecular formula is C35H47N5O4S. The number of pyridine rings is 1. The number of benzene rings is 1. The number of carboxylic acid groups (broad SMARTS) is 1. The minimum Gasteiger partial charge on any atom is -0.491 e. The average Bonchev–Trinajstić information content (AvgIpc) is 2.98. The number of thioether (sulfide) groups is 1. The number of rotatable bonds is 8. The number of ether oxygens (including phenoxy) is 2. The number of piperidine rings is 1. The Morgan fingerprint density at radius 1 is 1.04 bits per heavy atom. The quantitative estimate of drug-likeness (QED) is 0.206. The van der Waals surface area contributed by atoms with Gasteiger partial charge in [0, 0.05) is 48.7 Å². The molecule has 3 aromatic rings. The molecule has 0 saturated carbocycles. The molecule has 1 saturated heterocycles. The Hall–Kier alpha value is -3.37. The molecule has 2 aliphatic heterocycles. The molecule has 1 unspecified atom stereocenters. The van der Waals surface area contributed by atoms with Crippen LogP contribution in [0.1, 0.15) is 81.6 Å². The Morgan fingerprint density at radius 3 is 2.38 bits per heavy atom. The Labute approximate surface area is 271 Å². The molecule has 0 radical (unpaired) electrons. The molecule has 1 aromatic carbocycles. The molecule has 0 aliphatic carbocycles. The summed E-state index contributed by atoms with van der Waals surface area (Å²) in [7, 11) is 1.65. The highest BCUT2D eigenvalue weighted by molar-refractivity contribution is 7.98. The lowest BCUT2D eigenvalue weighted by Gasteiger charge is -2.41. The number of carboxylic acids is 1. The zero-order chi connectivity index (χ0) is 32.7. The molecule has 1 fully saturated rings. The van der Waals surface area contributed by atoms with Gasteiger partial charge in [-0.25, -0.2) is 14.8 Å². The Balaban J connectivity index is 1.61. The maximum absolute atomic E-state index is 12.8. The Kier molecular flexibility index (Phi) is 9.38. The van der Waals surface area contributed by atoms with Gasteiger partial charge < -0.3 is 24.4 Å². The van der Waals surface area contributed by atoms with E-state index in [1.807, 2.05) is 40.9 Å². The van der Waals surface area contributed by atoms with Crippen LogP contribution >= 0.6 is 11.8 Å². The van der Waals surface area contributed by atoms with Crippen LogP contribution in [0, 0.1) is 19.3 Å². The van der Waals surface area contributed by atoms with Gasteiger partial charge in [-0.15, -0.1) is 0 Å². The summed E-state index contributed by atoms with van der Waals surface area (Å²) in [5.74, 6) is 0.476. The predicted octanol–water partition coefficient (Wildman–Crippen LogP) is 7.02. The first-order chi connectivity index (χ1) is 21.2. The fourth-order valence-corrected chi connectivity index (χ4v) is 6.80. The van der Waals surface area contributed by atoms with Crippen molar-refractivity contribution in [2.45, 2.75) is 91.1 Å². The highest BCUT2D eigenvalue weighted by atomic mass is 32.2. The van der Waals surface area contributed by atoms with Crippen molar-refractivity contribution >= 4 is 29.2 Å². The number of anilines is 2. The molecule has 1 atom stereocenters. The maximum atomic E-state index is 12.8. The number of hydrogen-bond acceptors (Lipinski definition) is 9. The first-order valence-electron chi connectivity index (χ1n) is 15.7. The molecule has 242 valence electrons. The van der Waals surface area contributed by atoms with Crippen molar-refractivity contribution < 1.29 is 19.4 Å². The van der Waals surface area contributed by atoms with E-state index in [4.69, 9.17) is 19.4 Å². The molecular weight excluding hydrogens is 586 g/mol. The van der Waals surface area contributed by atoms with E-state index in [2.05, 4.69) is 46.8 Å². The number of hydrogen-bond donors (Lipinski definition) is 1. The van der Waals surface area contributed by atoms with E-state index < -0.39 is 17.7 Å². The fraction of sp³-hybridized carbons (Fsp3) is 0.543. The topological polar surface area (TPSA) is 101 Å². The maximum Gasteiger partial charge on any atom is 0.337 e. The summed E-state index contributed by atoms with van der Waals surface area (Å²) in [5, 5.41) is 11.2. The summed E-state index contributed by atoms with van der Waals surface area (Å²) in [6.07, 6.45) is 5.47. The highest BCUT2D eigenvalue weighted by Crippen LogP contribution is 2.45. The van der Waals surface area contributed by atoms with Gasteiger partial charge in [-0.1, -0.05) is 43.8 Å². The van der Waals surface area contributed by atoms with Gasteiger partial charge in [0.15, 0.2) is 22.8 Å². The molecule has 1 N–H and O–H groups in total. The van der Waals surface area contributed by atoms with Crippen molar-refractivity contribution in [3.05, 3.63) is 52.5 Å². The van der Waals surface area contributed by atoms with Crippen molar-refractivity contribution in [2.24, 2.45) is 5.41 Å². The lowest BCUT2D eigenvalue weighted by Crippen LogP contribution is -2.39. The van der Waals surface area contributed by atoms with Crippen LogP contribution in [0.25, 0.3) is 11.1 Å². The van der Waals surface area contributed by atoms with Crippen LogP contribution in [0.3, 0.4) is 0 Å². The summed E-state index contributed by atoms with van der Waals surface area (Å²) >= 11 is 1.51. The van der Waals surface area contributed by atoms with Gasteiger partial charge in [0.25, 0.3) is 0 Å². The monoisotopic (exact) mass is 633 g/mol. The number of fused-ring (bicyclic) bond motifs is 1. The van der Waals surface area contributed by atoms with Gasteiger partial charge in [0.1, 0.15) is 0 Å². The molecule has 4 heterocycles. The van der Waals surface area contributed by atoms with Crippen molar-refractivity contribution in [1.82, 2.24) is 15.0 Å². The zero-order valence-electron chi connectivity index (χ0n) is 28.2.